The molecule has 0 radical (unpaired) electrons. The molecule has 1 unspecified atom stereocenters. The van der Waals surface area contributed by atoms with Gasteiger partial charge in [0.15, 0.2) is 0 Å². The van der Waals surface area contributed by atoms with E-state index in [0.717, 1.165) is 12.8 Å². The molecule has 1 saturated heterocycles. The summed E-state index contributed by atoms with van der Waals surface area (Å²) in [6.45, 7) is 3.23. The average molecular weight is 285 g/mol. The van der Waals surface area contributed by atoms with Gasteiger partial charge in [-0.05, 0) is 32.6 Å². The van der Waals surface area contributed by atoms with E-state index in [1.165, 1.54) is 0 Å². The number of nitrogens with zero attached hydrogens (tertiary/aromatic N) is 1. The molecule has 6 nitrogen and oxygen atoms in total. The second-order valence-corrected chi connectivity index (χ2v) is 5.03. The predicted molar refractivity (Wildman–Crippen MR) is 72.0 cm³/mol. The number of likely N-dealkylation sites (tertiary alicyclic amines) is 1. The van der Waals surface area contributed by atoms with Crippen molar-refractivity contribution >= 4 is 17.8 Å². The van der Waals surface area contributed by atoms with Crippen molar-refractivity contribution in [2.45, 2.75) is 45.4 Å². The molecular formula is C14H23NO5. The van der Waals surface area contributed by atoms with Crippen LogP contribution in [0.25, 0.3) is 0 Å². The highest BCUT2D eigenvalue weighted by atomic mass is 16.5. The maximum absolute atomic E-state index is 12.0. The van der Waals surface area contributed by atoms with Gasteiger partial charge < -0.3 is 14.7 Å². The van der Waals surface area contributed by atoms with Gasteiger partial charge in [-0.1, -0.05) is 0 Å². The van der Waals surface area contributed by atoms with Crippen LogP contribution in [-0.2, 0) is 19.1 Å². The summed E-state index contributed by atoms with van der Waals surface area (Å²) >= 11 is 0. The van der Waals surface area contributed by atoms with E-state index in [1.54, 1.807) is 11.8 Å². The van der Waals surface area contributed by atoms with Gasteiger partial charge in [-0.2, -0.15) is 0 Å². The van der Waals surface area contributed by atoms with Crippen LogP contribution in [0.3, 0.4) is 0 Å². The van der Waals surface area contributed by atoms with Crippen LogP contribution in [0, 0.1) is 5.92 Å². The molecule has 0 spiro atoms. The molecule has 0 saturated carbocycles. The zero-order valence-corrected chi connectivity index (χ0v) is 12.0. The molecule has 114 valence electrons. The Hall–Kier alpha value is -1.59. The molecule has 0 aromatic heterocycles. The minimum absolute atomic E-state index is 0.00406. The van der Waals surface area contributed by atoms with E-state index in [0.29, 0.717) is 39.0 Å². The Labute approximate surface area is 119 Å². The van der Waals surface area contributed by atoms with Gasteiger partial charge in [-0.25, -0.2) is 0 Å². The average Bonchev–Trinajstić information content (AvgIpc) is 2.43. The molecule has 6 heteroatoms. The lowest BCUT2D eigenvalue weighted by atomic mass is 9.97. The van der Waals surface area contributed by atoms with Crippen LogP contribution in [0.5, 0.6) is 0 Å². The summed E-state index contributed by atoms with van der Waals surface area (Å²) in [5.41, 5.74) is 0. The molecule has 1 aliphatic heterocycles. The number of carbonyl (C=O) groups is 3. The van der Waals surface area contributed by atoms with Gasteiger partial charge in [-0.15, -0.1) is 0 Å². The monoisotopic (exact) mass is 285 g/mol. The van der Waals surface area contributed by atoms with E-state index in [-0.39, 0.29) is 24.2 Å². The molecule has 1 atom stereocenters. The number of ether oxygens (including phenoxy) is 1. The Kier molecular flexibility index (Phi) is 7.04. The number of hydrogen-bond acceptors (Lipinski definition) is 4. The molecule has 0 aromatic carbocycles. The lowest BCUT2D eigenvalue weighted by molar-refractivity contribution is -0.151. The van der Waals surface area contributed by atoms with E-state index < -0.39 is 5.97 Å². The second-order valence-electron chi connectivity index (χ2n) is 5.03. The highest BCUT2D eigenvalue weighted by molar-refractivity contribution is 5.78. The van der Waals surface area contributed by atoms with Gasteiger partial charge >= 0.3 is 11.9 Å². The minimum Gasteiger partial charge on any atom is -0.481 e. The topological polar surface area (TPSA) is 83.9 Å². The highest BCUT2D eigenvalue weighted by Gasteiger charge is 2.28. The molecule has 1 N–H and O–H groups in total. The van der Waals surface area contributed by atoms with Crippen molar-refractivity contribution < 1.29 is 24.2 Å². The SMILES string of the molecule is CCOC(=O)C1CCCN(C(=O)CCCCC(=O)O)C1. The Morgan fingerprint density at radius 2 is 1.95 bits per heavy atom. The summed E-state index contributed by atoms with van der Waals surface area (Å²) in [5, 5.41) is 8.53. The van der Waals surface area contributed by atoms with Crippen molar-refractivity contribution in [1.29, 1.82) is 0 Å². The largest absolute Gasteiger partial charge is 0.481 e. The Bertz CT molecular complexity index is 355. The summed E-state index contributed by atoms with van der Waals surface area (Å²) in [7, 11) is 0. The van der Waals surface area contributed by atoms with Crippen LogP contribution in [0.1, 0.15) is 45.4 Å². The number of carbonyl (C=O) groups excluding carboxylic acids is 2. The maximum atomic E-state index is 12.0. The molecule has 0 bridgehead atoms. The van der Waals surface area contributed by atoms with E-state index >= 15 is 0 Å². The van der Waals surface area contributed by atoms with Crippen molar-refractivity contribution in [3.63, 3.8) is 0 Å². The van der Waals surface area contributed by atoms with Gasteiger partial charge in [0.1, 0.15) is 0 Å². The van der Waals surface area contributed by atoms with Crippen LogP contribution in [0.4, 0.5) is 0 Å². The number of esters is 1. The number of unbranched alkanes of at least 4 members (excludes halogenated alkanes) is 1. The zero-order chi connectivity index (χ0) is 15.0. The third-order valence-corrected chi connectivity index (χ3v) is 3.43. The number of piperidine rings is 1. The number of carboxylic acids is 1. The summed E-state index contributed by atoms with van der Waals surface area (Å²) < 4.78 is 4.99. The van der Waals surface area contributed by atoms with E-state index in [9.17, 15) is 14.4 Å². The van der Waals surface area contributed by atoms with E-state index in [1.807, 2.05) is 0 Å². The van der Waals surface area contributed by atoms with Gasteiger partial charge in [-0.3, -0.25) is 14.4 Å². The summed E-state index contributed by atoms with van der Waals surface area (Å²) in [4.78, 5) is 35.7. The van der Waals surface area contributed by atoms with E-state index in [2.05, 4.69) is 0 Å². The highest BCUT2D eigenvalue weighted by Crippen LogP contribution is 2.19. The molecular weight excluding hydrogens is 262 g/mol. The van der Waals surface area contributed by atoms with E-state index in [4.69, 9.17) is 9.84 Å². The van der Waals surface area contributed by atoms with Crippen molar-refractivity contribution in [2.75, 3.05) is 19.7 Å². The molecule has 0 aromatic rings. The molecule has 0 aliphatic carbocycles. The number of aliphatic carboxylic acids is 1. The summed E-state index contributed by atoms with van der Waals surface area (Å²) in [6.07, 6.45) is 3.11. The number of carboxylic acid groups (broad SMARTS) is 1. The van der Waals surface area contributed by atoms with Crippen LogP contribution in [0.2, 0.25) is 0 Å². The Morgan fingerprint density at radius 3 is 2.60 bits per heavy atom. The normalized spacial score (nSPS) is 18.6. The van der Waals surface area contributed by atoms with Gasteiger partial charge in [0.05, 0.1) is 12.5 Å². The Morgan fingerprint density at radius 1 is 1.25 bits per heavy atom. The number of amides is 1. The van der Waals surface area contributed by atoms with Crippen molar-refractivity contribution in [1.82, 2.24) is 4.90 Å². The summed E-state index contributed by atoms with van der Waals surface area (Å²) in [6, 6.07) is 0. The van der Waals surface area contributed by atoms with Crippen LogP contribution in [0.15, 0.2) is 0 Å². The van der Waals surface area contributed by atoms with Crippen LogP contribution < -0.4 is 0 Å². The smallest absolute Gasteiger partial charge is 0.310 e. The van der Waals surface area contributed by atoms with Crippen LogP contribution >= 0.6 is 0 Å². The fraction of sp³-hybridized carbons (Fsp3) is 0.786. The minimum atomic E-state index is -0.835. The first-order valence-corrected chi connectivity index (χ1v) is 7.20. The molecule has 1 aliphatic rings. The first kappa shape index (κ1) is 16.5. The molecule has 20 heavy (non-hydrogen) atoms. The summed E-state index contributed by atoms with van der Waals surface area (Å²) in [5.74, 6) is -1.27. The molecule has 1 amide bonds. The first-order valence-electron chi connectivity index (χ1n) is 7.20. The molecule has 1 rings (SSSR count). The third kappa shape index (κ3) is 5.59. The maximum Gasteiger partial charge on any atom is 0.310 e. The number of rotatable bonds is 7. The van der Waals surface area contributed by atoms with Gasteiger partial charge in [0.25, 0.3) is 0 Å². The standard InChI is InChI=1S/C14H23NO5/c1-2-20-14(19)11-6-5-9-15(10-11)12(16)7-3-4-8-13(17)18/h11H,2-10H2,1H3,(H,17,18). The lowest BCUT2D eigenvalue weighted by Gasteiger charge is -2.31. The van der Waals surface area contributed by atoms with Gasteiger partial charge in [0.2, 0.25) is 5.91 Å². The quantitative estimate of drug-likeness (QED) is 0.565. The van der Waals surface area contributed by atoms with Crippen molar-refractivity contribution in [3.05, 3.63) is 0 Å². The van der Waals surface area contributed by atoms with Crippen molar-refractivity contribution in [3.8, 4) is 0 Å². The molecule has 1 heterocycles. The first-order chi connectivity index (χ1) is 9.54. The number of hydrogen-bond donors (Lipinski definition) is 1. The third-order valence-electron chi connectivity index (χ3n) is 3.43. The lowest BCUT2D eigenvalue weighted by Crippen LogP contribution is -2.42. The van der Waals surface area contributed by atoms with Gasteiger partial charge in [0, 0.05) is 25.9 Å². The predicted octanol–water partition coefficient (Wildman–Crippen LogP) is 1.43. The van der Waals surface area contributed by atoms with Crippen molar-refractivity contribution in [2.24, 2.45) is 5.92 Å². The second kappa shape index (κ2) is 8.55. The molecule has 1 fully saturated rings. The fourth-order valence-corrected chi connectivity index (χ4v) is 2.37. The fourth-order valence-electron chi connectivity index (χ4n) is 2.37. The van der Waals surface area contributed by atoms with Crippen LogP contribution in [-0.4, -0.2) is 47.5 Å². The zero-order valence-electron chi connectivity index (χ0n) is 12.0. The Balaban J connectivity index is 2.32.